The van der Waals surface area contributed by atoms with Crippen LogP contribution in [0.5, 0.6) is 0 Å². The van der Waals surface area contributed by atoms with Crippen LogP contribution in [-0.4, -0.2) is 29.6 Å². The van der Waals surface area contributed by atoms with Gasteiger partial charge in [-0.3, -0.25) is 0 Å². The Hall–Kier alpha value is -1.33. The molecule has 0 bridgehead atoms. The predicted octanol–water partition coefficient (Wildman–Crippen LogP) is 3.85. The van der Waals surface area contributed by atoms with Crippen LogP contribution in [0.25, 0.3) is 5.69 Å². The van der Waals surface area contributed by atoms with E-state index in [1.807, 2.05) is 25.3 Å². The summed E-state index contributed by atoms with van der Waals surface area (Å²) in [6.07, 6.45) is 7.37. The monoisotopic (exact) mass is 352 g/mol. The summed E-state index contributed by atoms with van der Waals surface area (Å²) in [5.74, 6) is 1.46. The second kappa shape index (κ2) is 6.29. The number of alkyl halides is 1. The standard InChI is InChI=1S/C17H21ClN2O2S/c1-12-11-20(15-7-9-16(10-8-15)23(2,21)22)17(19-12)13-3-5-14(18)6-4-13/h7-11,13-14H,3-6H2,1-2H3. The lowest BCUT2D eigenvalue weighted by molar-refractivity contribution is 0.430. The number of aromatic nitrogens is 2. The van der Waals surface area contributed by atoms with Gasteiger partial charge in [0, 0.05) is 29.4 Å². The molecule has 0 atom stereocenters. The normalized spacial score (nSPS) is 22.2. The van der Waals surface area contributed by atoms with Crippen molar-refractivity contribution < 1.29 is 8.42 Å². The van der Waals surface area contributed by atoms with E-state index in [-0.39, 0.29) is 5.38 Å². The maximum absolute atomic E-state index is 11.6. The van der Waals surface area contributed by atoms with Crippen LogP contribution in [0.2, 0.25) is 0 Å². The van der Waals surface area contributed by atoms with Crippen LogP contribution in [0, 0.1) is 6.92 Å². The largest absolute Gasteiger partial charge is 0.303 e. The molecule has 1 heterocycles. The molecular formula is C17H21ClN2O2S. The summed E-state index contributed by atoms with van der Waals surface area (Å²) < 4.78 is 25.3. The SMILES string of the molecule is Cc1cn(-c2ccc(S(C)(=O)=O)cc2)c(C2CCC(Cl)CC2)n1. The van der Waals surface area contributed by atoms with Crippen molar-refractivity contribution in [3.8, 4) is 5.69 Å². The third-order valence-corrected chi connectivity index (χ3v) is 5.98. The molecule has 3 rings (SSSR count). The predicted molar refractivity (Wildman–Crippen MR) is 92.3 cm³/mol. The van der Waals surface area contributed by atoms with E-state index in [9.17, 15) is 8.42 Å². The van der Waals surface area contributed by atoms with Gasteiger partial charge in [0.25, 0.3) is 0 Å². The Morgan fingerprint density at radius 2 is 1.74 bits per heavy atom. The highest BCUT2D eigenvalue weighted by Gasteiger charge is 2.25. The van der Waals surface area contributed by atoms with E-state index in [1.165, 1.54) is 6.26 Å². The van der Waals surface area contributed by atoms with Crippen LogP contribution in [0.3, 0.4) is 0 Å². The third-order valence-electron chi connectivity index (χ3n) is 4.42. The molecule has 0 radical (unpaired) electrons. The van der Waals surface area contributed by atoms with Crippen molar-refractivity contribution in [2.24, 2.45) is 0 Å². The van der Waals surface area contributed by atoms with E-state index < -0.39 is 9.84 Å². The number of benzene rings is 1. The van der Waals surface area contributed by atoms with E-state index in [0.29, 0.717) is 10.8 Å². The average molecular weight is 353 g/mol. The van der Waals surface area contributed by atoms with Crippen LogP contribution < -0.4 is 0 Å². The van der Waals surface area contributed by atoms with Gasteiger partial charge in [-0.15, -0.1) is 11.6 Å². The molecule has 6 heteroatoms. The summed E-state index contributed by atoms with van der Waals surface area (Å²) in [5, 5.41) is 0.282. The molecule has 23 heavy (non-hydrogen) atoms. The first kappa shape index (κ1) is 16.5. The van der Waals surface area contributed by atoms with Gasteiger partial charge in [0.15, 0.2) is 9.84 Å². The highest BCUT2D eigenvalue weighted by atomic mass is 35.5. The Balaban J connectivity index is 1.94. The van der Waals surface area contributed by atoms with Gasteiger partial charge in [-0.2, -0.15) is 0 Å². The molecule has 1 saturated carbocycles. The molecule has 2 aromatic rings. The number of halogens is 1. The van der Waals surface area contributed by atoms with Gasteiger partial charge in [0.1, 0.15) is 5.82 Å². The minimum Gasteiger partial charge on any atom is -0.303 e. The number of nitrogens with zero attached hydrogens (tertiary/aromatic N) is 2. The molecule has 0 N–H and O–H groups in total. The Labute approximate surface area is 142 Å². The molecular weight excluding hydrogens is 332 g/mol. The van der Waals surface area contributed by atoms with Crippen molar-refractivity contribution in [1.82, 2.24) is 9.55 Å². The fraction of sp³-hybridized carbons (Fsp3) is 0.471. The van der Waals surface area contributed by atoms with Crippen molar-refractivity contribution in [3.63, 3.8) is 0 Å². The quantitative estimate of drug-likeness (QED) is 0.788. The van der Waals surface area contributed by atoms with Crippen LogP contribution in [-0.2, 0) is 9.84 Å². The topological polar surface area (TPSA) is 52.0 Å². The number of hydrogen-bond acceptors (Lipinski definition) is 3. The zero-order valence-electron chi connectivity index (χ0n) is 13.4. The van der Waals surface area contributed by atoms with Gasteiger partial charge in [-0.25, -0.2) is 13.4 Å². The number of sulfone groups is 1. The third kappa shape index (κ3) is 3.61. The fourth-order valence-electron chi connectivity index (χ4n) is 3.18. The lowest BCUT2D eigenvalue weighted by atomic mass is 9.88. The first-order valence-corrected chi connectivity index (χ1v) is 10.2. The van der Waals surface area contributed by atoms with E-state index in [4.69, 9.17) is 16.6 Å². The van der Waals surface area contributed by atoms with Gasteiger partial charge < -0.3 is 4.57 Å². The molecule has 4 nitrogen and oxygen atoms in total. The molecule has 1 aliphatic carbocycles. The summed E-state index contributed by atoms with van der Waals surface area (Å²) in [4.78, 5) is 5.04. The molecule has 0 spiro atoms. The van der Waals surface area contributed by atoms with Gasteiger partial charge in [0.05, 0.1) is 10.6 Å². The average Bonchev–Trinajstić information content (AvgIpc) is 2.89. The molecule has 0 saturated heterocycles. The van der Waals surface area contributed by atoms with Crippen LogP contribution in [0.4, 0.5) is 0 Å². The van der Waals surface area contributed by atoms with Crippen LogP contribution in [0.1, 0.15) is 43.1 Å². The molecule has 124 valence electrons. The van der Waals surface area contributed by atoms with Gasteiger partial charge in [-0.1, -0.05) is 0 Å². The molecule has 0 aliphatic heterocycles. The first-order chi connectivity index (χ1) is 10.8. The molecule has 1 fully saturated rings. The Morgan fingerprint density at radius 1 is 1.13 bits per heavy atom. The summed E-state index contributed by atoms with van der Waals surface area (Å²) in [7, 11) is -3.17. The zero-order chi connectivity index (χ0) is 16.6. The first-order valence-electron chi connectivity index (χ1n) is 7.85. The number of aryl methyl sites for hydroxylation is 1. The molecule has 1 aromatic heterocycles. The van der Waals surface area contributed by atoms with Crippen LogP contribution >= 0.6 is 11.6 Å². The lowest BCUT2D eigenvalue weighted by Gasteiger charge is -2.25. The highest BCUT2D eigenvalue weighted by Crippen LogP contribution is 2.35. The van der Waals surface area contributed by atoms with Crippen molar-refractivity contribution >= 4 is 21.4 Å². The highest BCUT2D eigenvalue weighted by molar-refractivity contribution is 7.90. The second-order valence-corrected chi connectivity index (χ2v) is 8.96. The summed E-state index contributed by atoms with van der Waals surface area (Å²) in [6, 6.07) is 6.99. The van der Waals surface area contributed by atoms with E-state index in [0.717, 1.165) is 42.9 Å². The minimum atomic E-state index is -3.17. The fourth-order valence-corrected chi connectivity index (χ4v) is 4.06. The van der Waals surface area contributed by atoms with Gasteiger partial charge in [0.2, 0.25) is 0 Å². The van der Waals surface area contributed by atoms with Gasteiger partial charge in [-0.05, 0) is 56.9 Å². The second-order valence-electron chi connectivity index (χ2n) is 6.33. The van der Waals surface area contributed by atoms with E-state index in [1.54, 1.807) is 12.1 Å². The summed E-state index contributed by atoms with van der Waals surface area (Å²) >= 11 is 6.21. The van der Waals surface area contributed by atoms with E-state index >= 15 is 0 Å². The smallest absolute Gasteiger partial charge is 0.175 e. The lowest BCUT2D eigenvalue weighted by Crippen LogP contribution is -2.16. The number of imidazole rings is 1. The Bertz CT molecular complexity index is 789. The molecule has 0 unspecified atom stereocenters. The van der Waals surface area contributed by atoms with Gasteiger partial charge >= 0.3 is 0 Å². The minimum absolute atomic E-state index is 0.282. The number of rotatable bonds is 3. The van der Waals surface area contributed by atoms with Crippen molar-refractivity contribution in [3.05, 3.63) is 42.0 Å². The summed E-state index contributed by atoms with van der Waals surface area (Å²) in [6.45, 7) is 1.98. The molecule has 1 aromatic carbocycles. The van der Waals surface area contributed by atoms with Crippen molar-refractivity contribution in [2.75, 3.05) is 6.26 Å². The maximum Gasteiger partial charge on any atom is 0.175 e. The number of hydrogen-bond donors (Lipinski definition) is 0. The van der Waals surface area contributed by atoms with Crippen LogP contribution in [0.15, 0.2) is 35.4 Å². The Kier molecular flexibility index (Phi) is 4.52. The zero-order valence-corrected chi connectivity index (χ0v) is 14.9. The Morgan fingerprint density at radius 3 is 2.30 bits per heavy atom. The molecule has 0 amide bonds. The van der Waals surface area contributed by atoms with E-state index in [2.05, 4.69) is 4.57 Å². The molecule has 1 aliphatic rings. The summed E-state index contributed by atoms with van der Waals surface area (Å²) in [5.41, 5.74) is 1.92. The van der Waals surface area contributed by atoms with Crippen molar-refractivity contribution in [1.29, 1.82) is 0 Å². The maximum atomic E-state index is 11.6. The van der Waals surface area contributed by atoms with Crippen molar-refractivity contribution in [2.45, 2.75) is 48.8 Å².